The molecule has 0 fully saturated rings. The zero-order valence-electron chi connectivity index (χ0n) is 16.4. The highest BCUT2D eigenvalue weighted by atomic mass is 16.2. The molecule has 4 nitrogen and oxygen atoms in total. The molecule has 0 aliphatic rings. The Morgan fingerprint density at radius 1 is 0.889 bits per heavy atom. The molecule has 144 valence electrons. The second kappa shape index (κ2) is 11.2. The van der Waals surface area contributed by atoms with Crippen molar-refractivity contribution in [2.75, 3.05) is 6.54 Å². The van der Waals surface area contributed by atoms with Crippen LogP contribution in [0.1, 0.15) is 44.2 Å². The molecule has 2 aromatic carbocycles. The van der Waals surface area contributed by atoms with Crippen LogP contribution < -0.4 is 5.32 Å². The first-order chi connectivity index (χ1) is 13.2. The lowest BCUT2D eigenvalue weighted by Gasteiger charge is -2.31. The van der Waals surface area contributed by atoms with Gasteiger partial charge in [0, 0.05) is 25.9 Å². The second-order valence-corrected chi connectivity index (χ2v) is 6.75. The average Bonchev–Trinajstić information content (AvgIpc) is 2.70. The van der Waals surface area contributed by atoms with Gasteiger partial charge in [0.2, 0.25) is 11.8 Å². The van der Waals surface area contributed by atoms with E-state index < -0.39 is 6.04 Å². The van der Waals surface area contributed by atoms with Crippen molar-refractivity contribution in [1.29, 1.82) is 0 Å². The topological polar surface area (TPSA) is 49.4 Å². The molecule has 0 aliphatic heterocycles. The van der Waals surface area contributed by atoms with Crippen LogP contribution in [0.15, 0.2) is 60.7 Å². The molecule has 4 heteroatoms. The van der Waals surface area contributed by atoms with Crippen molar-refractivity contribution in [2.24, 2.45) is 0 Å². The Balaban J connectivity index is 2.31. The van der Waals surface area contributed by atoms with Gasteiger partial charge in [0.15, 0.2) is 0 Å². The van der Waals surface area contributed by atoms with E-state index in [0.717, 1.165) is 24.0 Å². The van der Waals surface area contributed by atoms with Crippen LogP contribution in [0.25, 0.3) is 0 Å². The third-order valence-corrected chi connectivity index (χ3v) is 4.48. The number of rotatable bonds is 10. The maximum Gasteiger partial charge on any atom is 0.243 e. The van der Waals surface area contributed by atoms with Crippen molar-refractivity contribution >= 4 is 11.8 Å². The van der Waals surface area contributed by atoms with Crippen LogP contribution >= 0.6 is 0 Å². The van der Waals surface area contributed by atoms with Crippen molar-refractivity contribution in [3.05, 3.63) is 71.8 Å². The molecule has 0 radical (unpaired) electrons. The van der Waals surface area contributed by atoms with Crippen molar-refractivity contribution in [2.45, 2.75) is 52.1 Å². The van der Waals surface area contributed by atoms with Gasteiger partial charge in [-0.15, -0.1) is 0 Å². The minimum atomic E-state index is -0.516. The summed E-state index contributed by atoms with van der Waals surface area (Å²) in [6.45, 7) is 5.07. The first-order valence-corrected chi connectivity index (χ1v) is 9.80. The molecular weight excluding hydrogens is 336 g/mol. The van der Waals surface area contributed by atoms with Gasteiger partial charge in [-0.2, -0.15) is 0 Å². The number of amides is 2. The van der Waals surface area contributed by atoms with Crippen LogP contribution in [0.5, 0.6) is 0 Å². The predicted molar refractivity (Wildman–Crippen MR) is 109 cm³/mol. The lowest BCUT2D eigenvalue weighted by atomic mass is 10.0. The molecule has 2 rings (SSSR count). The van der Waals surface area contributed by atoms with E-state index >= 15 is 0 Å². The quantitative estimate of drug-likeness (QED) is 0.692. The summed E-state index contributed by atoms with van der Waals surface area (Å²) in [5.74, 6) is -0.0602. The number of nitrogens with zero attached hydrogens (tertiary/aromatic N) is 1. The lowest BCUT2D eigenvalue weighted by Crippen LogP contribution is -2.50. The Bertz CT molecular complexity index is 701. The largest absolute Gasteiger partial charge is 0.354 e. The molecule has 0 saturated heterocycles. The summed E-state index contributed by atoms with van der Waals surface area (Å²) in [6.07, 6.45) is 2.59. The summed E-state index contributed by atoms with van der Waals surface area (Å²) in [4.78, 5) is 27.6. The van der Waals surface area contributed by atoms with Gasteiger partial charge < -0.3 is 10.2 Å². The standard InChI is InChI=1S/C23H30N2O2/c1-3-11-22(26)25(18-20-14-9-6-10-15-20)21(23(27)24-16-4-2)17-19-12-7-5-8-13-19/h5-10,12-15,21H,3-4,11,16-18H2,1-2H3,(H,24,27)/t21-/m0/s1. The number of hydrogen-bond donors (Lipinski definition) is 1. The Morgan fingerprint density at radius 3 is 2.04 bits per heavy atom. The molecule has 1 N–H and O–H groups in total. The van der Waals surface area contributed by atoms with Crippen LogP contribution in [0.3, 0.4) is 0 Å². The third kappa shape index (κ3) is 6.55. The van der Waals surface area contributed by atoms with Crippen molar-refractivity contribution < 1.29 is 9.59 Å². The van der Waals surface area contributed by atoms with Crippen LogP contribution in [0, 0.1) is 0 Å². The van der Waals surface area contributed by atoms with Gasteiger partial charge in [0.05, 0.1) is 0 Å². The summed E-state index contributed by atoms with van der Waals surface area (Å²) in [5.41, 5.74) is 2.08. The van der Waals surface area contributed by atoms with E-state index in [2.05, 4.69) is 5.32 Å². The van der Waals surface area contributed by atoms with Gasteiger partial charge in [-0.05, 0) is 24.0 Å². The predicted octanol–water partition coefficient (Wildman–Crippen LogP) is 3.95. The first-order valence-electron chi connectivity index (χ1n) is 9.80. The minimum Gasteiger partial charge on any atom is -0.354 e. The summed E-state index contributed by atoms with van der Waals surface area (Å²) < 4.78 is 0. The average molecular weight is 367 g/mol. The van der Waals surface area contributed by atoms with Gasteiger partial charge in [0.1, 0.15) is 6.04 Å². The summed E-state index contributed by atoms with van der Waals surface area (Å²) in [6, 6.07) is 19.2. The van der Waals surface area contributed by atoms with Crippen LogP contribution in [-0.4, -0.2) is 29.3 Å². The van der Waals surface area contributed by atoms with E-state index in [-0.39, 0.29) is 11.8 Å². The highest BCUT2D eigenvalue weighted by Crippen LogP contribution is 2.16. The van der Waals surface area contributed by atoms with Gasteiger partial charge in [-0.25, -0.2) is 0 Å². The van der Waals surface area contributed by atoms with E-state index in [1.165, 1.54) is 0 Å². The number of benzene rings is 2. The van der Waals surface area contributed by atoms with Crippen LogP contribution in [0.2, 0.25) is 0 Å². The Morgan fingerprint density at radius 2 is 1.48 bits per heavy atom. The molecule has 1 atom stereocenters. The summed E-state index contributed by atoms with van der Waals surface area (Å²) >= 11 is 0. The normalized spacial score (nSPS) is 11.6. The lowest BCUT2D eigenvalue weighted by molar-refractivity contribution is -0.141. The van der Waals surface area contributed by atoms with Gasteiger partial charge in [0.25, 0.3) is 0 Å². The molecule has 2 amide bonds. The summed E-state index contributed by atoms with van der Waals surface area (Å²) in [7, 11) is 0. The Kier molecular flexibility index (Phi) is 8.56. The van der Waals surface area contributed by atoms with Crippen LogP contribution in [-0.2, 0) is 22.6 Å². The van der Waals surface area contributed by atoms with Gasteiger partial charge in [-0.1, -0.05) is 74.5 Å². The monoisotopic (exact) mass is 366 g/mol. The van der Waals surface area contributed by atoms with Crippen molar-refractivity contribution in [1.82, 2.24) is 10.2 Å². The smallest absolute Gasteiger partial charge is 0.243 e. The van der Waals surface area contributed by atoms with Crippen LogP contribution in [0.4, 0.5) is 0 Å². The van der Waals surface area contributed by atoms with E-state index in [9.17, 15) is 9.59 Å². The van der Waals surface area contributed by atoms with E-state index in [4.69, 9.17) is 0 Å². The SMILES string of the molecule is CCCNC(=O)[C@H](Cc1ccccc1)N(Cc1ccccc1)C(=O)CCC. The Hall–Kier alpha value is -2.62. The number of hydrogen-bond acceptors (Lipinski definition) is 2. The molecule has 2 aromatic rings. The molecule has 0 aliphatic carbocycles. The number of carbonyl (C=O) groups excluding carboxylic acids is 2. The Labute approximate surface area is 162 Å². The number of carbonyl (C=O) groups is 2. The number of nitrogens with one attached hydrogen (secondary N) is 1. The van der Waals surface area contributed by atoms with E-state index in [1.807, 2.05) is 74.5 Å². The minimum absolute atomic E-state index is 0.0222. The molecule has 0 bridgehead atoms. The van der Waals surface area contributed by atoms with Crippen molar-refractivity contribution in [3.8, 4) is 0 Å². The fourth-order valence-corrected chi connectivity index (χ4v) is 3.06. The highest BCUT2D eigenvalue weighted by molar-refractivity contribution is 5.88. The second-order valence-electron chi connectivity index (χ2n) is 6.75. The third-order valence-electron chi connectivity index (χ3n) is 4.48. The molecule has 0 heterocycles. The highest BCUT2D eigenvalue weighted by Gasteiger charge is 2.29. The molecule has 27 heavy (non-hydrogen) atoms. The molecule has 0 unspecified atom stereocenters. The fourth-order valence-electron chi connectivity index (χ4n) is 3.06. The molecular formula is C23H30N2O2. The fraction of sp³-hybridized carbons (Fsp3) is 0.391. The molecule has 0 saturated carbocycles. The molecule has 0 aromatic heterocycles. The molecule has 0 spiro atoms. The summed E-state index contributed by atoms with van der Waals surface area (Å²) in [5, 5.41) is 2.98. The maximum atomic E-state index is 12.9. The van der Waals surface area contributed by atoms with Gasteiger partial charge in [-0.3, -0.25) is 9.59 Å². The first kappa shape index (κ1) is 20.7. The van der Waals surface area contributed by atoms with Gasteiger partial charge >= 0.3 is 0 Å². The zero-order chi connectivity index (χ0) is 19.5. The van der Waals surface area contributed by atoms with E-state index in [1.54, 1.807) is 4.90 Å². The zero-order valence-corrected chi connectivity index (χ0v) is 16.4. The van der Waals surface area contributed by atoms with E-state index in [0.29, 0.717) is 25.9 Å². The maximum absolute atomic E-state index is 12.9. The van der Waals surface area contributed by atoms with Crippen molar-refractivity contribution in [3.63, 3.8) is 0 Å².